The molecule has 0 aliphatic carbocycles. The summed E-state index contributed by atoms with van der Waals surface area (Å²) < 4.78 is 27.2. The molecule has 0 aliphatic heterocycles. The van der Waals surface area contributed by atoms with Gasteiger partial charge in [-0.25, -0.2) is 13.1 Å². The lowest BCUT2D eigenvalue weighted by molar-refractivity contribution is 0.604. The molecule has 0 atom stereocenters. The van der Waals surface area contributed by atoms with Crippen LogP contribution in [0.15, 0.2) is 43.0 Å². The third-order valence-corrected chi connectivity index (χ3v) is 3.80. The normalized spacial score (nSPS) is 11.2. The molecule has 0 amide bonds. The minimum atomic E-state index is -3.38. The topological polar surface area (TPSA) is 90.0 Å². The first-order valence-corrected chi connectivity index (χ1v) is 7.60. The number of nitrogens with one attached hydrogen (secondary N) is 1. The Hall–Kier alpha value is -2.28. The maximum Gasteiger partial charge on any atom is 0.236 e. The predicted octanol–water partition coefficient (Wildman–Crippen LogP) is 1.69. The fourth-order valence-electron chi connectivity index (χ4n) is 1.77. The van der Waals surface area contributed by atoms with Gasteiger partial charge in [0.2, 0.25) is 10.0 Å². The van der Waals surface area contributed by atoms with Gasteiger partial charge in [0.25, 0.3) is 0 Å². The molecule has 0 unspecified atom stereocenters. The van der Waals surface area contributed by atoms with E-state index in [1.807, 2.05) is 6.92 Å². The number of benzene rings is 1. The highest BCUT2D eigenvalue weighted by molar-refractivity contribution is 7.92. The molecular weight excluding hydrogens is 276 g/mol. The number of sulfonamides is 1. The van der Waals surface area contributed by atoms with E-state index in [4.69, 9.17) is 5.73 Å². The van der Waals surface area contributed by atoms with E-state index in [2.05, 4.69) is 16.4 Å². The van der Waals surface area contributed by atoms with E-state index >= 15 is 0 Å². The molecule has 0 radical (unpaired) electrons. The van der Waals surface area contributed by atoms with Crippen LogP contribution in [0.5, 0.6) is 0 Å². The number of hydrogen-bond donors (Lipinski definition) is 2. The van der Waals surface area contributed by atoms with Gasteiger partial charge in [0.1, 0.15) is 5.82 Å². The standard InChI is InChI=1S/C13H16N4O2S/c1-3-8-20(18,19)16-11-4-6-12(7-5-11)17-13(14)9-10(2)15-17/h3-7,9,16H,1,8,14H2,2H3. The lowest BCUT2D eigenvalue weighted by Gasteiger charge is -2.08. The van der Waals surface area contributed by atoms with E-state index in [-0.39, 0.29) is 5.75 Å². The van der Waals surface area contributed by atoms with E-state index in [9.17, 15) is 8.42 Å². The summed E-state index contributed by atoms with van der Waals surface area (Å²) in [6.45, 7) is 5.26. The van der Waals surface area contributed by atoms with Crippen molar-refractivity contribution in [1.82, 2.24) is 9.78 Å². The van der Waals surface area contributed by atoms with Crippen molar-refractivity contribution in [3.8, 4) is 5.69 Å². The number of anilines is 2. The molecule has 2 rings (SSSR count). The summed E-state index contributed by atoms with van der Waals surface area (Å²) in [5.41, 5.74) is 7.90. The molecule has 0 fully saturated rings. The third-order valence-electron chi connectivity index (χ3n) is 2.58. The predicted molar refractivity (Wildman–Crippen MR) is 80.3 cm³/mol. The van der Waals surface area contributed by atoms with E-state index in [1.54, 1.807) is 35.0 Å². The van der Waals surface area contributed by atoms with E-state index in [1.165, 1.54) is 6.08 Å². The molecule has 3 N–H and O–H groups in total. The maximum absolute atomic E-state index is 11.6. The van der Waals surface area contributed by atoms with Crippen molar-refractivity contribution in [3.63, 3.8) is 0 Å². The Morgan fingerprint density at radius 3 is 2.55 bits per heavy atom. The largest absolute Gasteiger partial charge is 0.384 e. The minimum Gasteiger partial charge on any atom is -0.384 e. The average molecular weight is 292 g/mol. The van der Waals surface area contributed by atoms with Gasteiger partial charge in [-0.3, -0.25) is 4.72 Å². The molecule has 0 saturated heterocycles. The number of aromatic nitrogens is 2. The Bertz CT molecular complexity index is 717. The summed E-state index contributed by atoms with van der Waals surface area (Å²) in [6.07, 6.45) is 1.34. The van der Waals surface area contributed by atoms with Crippen LogP contribution in [0.2, 0.25) is 0 Å². The molecule has 20 heavy (non-hydrogen) atoms. The van der Waals surface area contributed by atoms with Crippen molar-refractivity contribution in [2.24, 2.45) is 0 Å². The lowest BCUT2D eigenvalue weighted by atomic mass is 10.3. The smallest absolute Gasteiger partial charge is 0.236 e. The fourth-order valence-corrected chi connectivity index (χ4v) is 2.66. The lowest BCUT2D eigenvalue weighted by Crippen LogP contribution is -2.15. The van der Waals surface area contributed by atoms with Gasteiger partial charge in [0.05, 0.1) is 17.1 Å². The van der Waals surface area contributed by atoms with Crippen LogP contribution in [0.25, 0.3) is 5.69 Å². The number of hydrogen-bond acceptors (Lipinski definition) is 4. The van der Waals surface area contributed by atoms with Crippen LogP contribution in [-0.4, -0.2) is 24.0 Å². The van der Waals surface area contributed by atoms with Crippen molar-refractivity contribution in [2.75, 3.05) is 16.2 Å². The molecule has 0 spiro atoms. The Morgan fingerprint density at radius 2 is 2.05 bits per heavy atom. The third kappa shape index (κ3) is 3.18. The van der Waals surface area contributed by atoms with E-state index in [0.29, 0.717) is 11.5 Å². The Morgan fingerprint density at radius 1 is 1.40 bits per heavy atom. The molecule has 2 aromatic rings. The molecule has 0 bridgehead atoms. The molecule has 1 aromatic heterocycles. The summed E-state index contributed by atoms with van der Waals surface area (Å²) in [5.74, 6) is 0.405. The van der Waals surface area contributed by atoms with Crippen molar-refractivity contribution >= 4 is 21.5 Å². The van der Waals surface area contributed by atoms with Crippen molar-refractivity contribution in [2.45, 2.75) is 6.92 Å². The highest BCUT2D eigenvalue weighted by Crippen LogP contribution is 2.17. The molecule has 1 aromatic carbocycles. The Labute approximate surface area is 118 Å². The highest BCUT2D eigenvalue weighted by atomic mass is 32.2. The zero-order chi connectivity index (χ0) is 14.8. The second kappa shape index (κ2) is 5.38. The molecule has 0 aliphatic rings. The molecule has 1 heterocycles. The van der Waals surface area contributed by atoms with Crippen LogP contribution >= 0.6 is 0 Å². The van der Waals surface area contributed by atoms with Gasteiger partial charge in [-0.15, -0.1) is 6.58 Å². The van der Waals surface area contributed by atoms with Crippen LogP contribution in [0.4, 0.5) is 11.5 Å². The molecule has 7 heteroatoms. The van der Waals surface area contributed by atoms with Crippen LogP contribution in [0, 0.1) is 6.92 Å². The second-order valence-corrected chi connectivity index (χ2v) is 6.11. The quantitative estimate of drug-likeness (QED) is 0.821. The van der Waals surface area contributed by atoms with Crippen LogP contribution < -0.4 is 10.5 Å². The fraction of sp³-hybridized carbons (Fsp3) is 0.154. The minimum absolute atomic E-state index is 0.125. The molecule has 106 valence electrons. The van der Waals surface area contributed by atoms with Gasteiger partial charge in [-0.05, 0) is 31.2 Å². The van der Waals surface area contributed by atoms with Gasteiger partial charge in [-0.2, -0.15) is 5.10 Å². The first-order chi connectivity index (χ1) is 9.41. The average Bonchev–Trinajstić information content (AvgIpc) is 2.69. The summed E-state index contributed by atoms with van der Waals surface area (Å²) in [7, 11) is -3.38. The van der Waals surface area contributed by atoms with Crippen LogP contribution in [-0.2, 0) is 10.0 Å². The molecule has 6 nitrogen and oxygen atoms in total. The van der Waals surface area contributed by atoms with Gasteiger partial charge in [-0.1, -0.05) is 6.08 Å². The summed E-state index contributed by atoms with van der Waals surface area (Å²) in [5, 5.41) is 4.25. The SMILES string of the molecule is C=CCS(=O)(=O)Nc1ccc(-n2nc(C)cc2N)cc1. The maximum atomic E-state index is 11.6. The van der Waals surface area contributed by atoms with E-state index < -0.39 is 10.0 Å². The number of nitrogens with zero attached hydrogens (tertiary/aromatic N) is 2. The van der Waals surface area contributed by atoms with Crippen molar-refractivity contribution in [3.05, 3.63) is 48.7 Å². The molecule has 0 saturated carbocycles. The van der Waals surface area contributed by atoms with E-state index in [0.717, 1.165) is 11.4 Å². The van der Waals surface area contributed by atoms with Gasteiger partial charge in [0.15, 0.2) is 0 Å². The first kappa shape index (κ1) is 14.1. The monoisotopic (exact) mass is 292 g/mol. The number of nitrogens with two attached hydrogens (primary N) is 1. The zero-order valence-electron chi connectivity index (χ0n) is 11.1. The highest BCUT2D eigenvalue weighted by Gasteiger charge is 2.08. The van der Waals surface area contributed by atoms with Gasteiger partial charge < -0.3 is 5.73 Å². The van der Waals surface area contributed by atoms with Gasteiger partial charge >= 0.3 is 0 Å². The first-order valence-electron chi connectivity index (χ1n) is 5.95. The second-order valence-electron chi connectivity index (χ2n) is 4.34. The Balaban J connectivity index is 2.23. The summed E-state index contributed by atoms with van der Waals surface area (Å²) in [6, 6.07) is 8.57. The number of rotatable bonds is 5. The summed E-state index contributed by atoms with van der Waals surface area (Å²) in [4.78, 5) is 0. The molecular formula is C13H16N4O2S. The zero-order valence-corrected chi connectivity index (χ0v) is 11.9. The van der Waals surface area contributed by atoms with Gasteiger partial charge in [0, 0.05) is 11.8 Å². The van der Waals surface area contributed by atoms with Crippen LogP contribution in [0.1, 0.15) is 5.69 Å². The number of aryl methyl sites for hydroxylation is 1. The van der Waals surface area contributed by atoms with Crippen LogP contribution in [0.3, 0.4) is 0 Å². The Kier molecular flexibility index (Phi) is 3.80. The number of nitrogen functional groups attached to an aromatic ring is 1. The van der Waals surface area contributed by atoms with Crippen molar-refractivity contribution in [1.29, 1.82) is 0 Å². The van der Waals surface area contributed by atoms with Crippen molar-refractivity contribution < 1.29 is 8.42 Å². The summed E-state index contributed by atoms with van der Waals surface area (Å²) >= 11 is 0.